The highest BCUT2D eigenvalue weighted by atomic mass is 32.2. The summed E-state index contributed by atoms with van der Waals surface area (Å²) in [7, 11) is -7.16. The molecular weight excluding hydrogens is 324 g/mol. The predicted molar refractivity (Wildman–Crippen MR) is 85.1 cm³/mol. The van der Waals surface area contributed by atoms with Crippen molar-refractivity contribution in [2.45, 2.75) is 29.6 Å². The largest absolute Gasteiger partial charge is 0.316 e. The van der Waals surface area contributed by atoms with Crippen molar-refractivity contribution >= 4 is 19.9 Å². The maximum atomic E-state index is 12.4. The Bertz CT molecular complexity index is 736. The third-order valence-corrected chi connectivity index (χ3v) is 6.51. The lowest BCUT2D eigenvalue weighted by Gasteiger charge is -2.23. The molecule has 0 spiro atoms. The first kappa shape index (κ1) is 17.4. The van der Waals surface area contributed by atoms with E-state index in [0.29, 0.717) is 12.1 Å². The molecule has 1 aliphatic heterocycles. The predicted octanol–water partition coefficient (Wildman–Crippen LogP) is 0.676. The van der Waals surface area contributed by atoms with E-state index in [9.17, 15) is 16.8 Å². The summed E-state index contributed by atoms with van der Waals surface area (Å²) in [4.78, 5) is 0.0389. The molecule has 1 fully saturated rings. The Morgan fingerprint density at radius 3 is 2.59 bits per heavy atom. The number of aryl methyl sites for hydroxylation is 1. The Balaban J connectivity index is 2.21. The number of hydrogen-bond acceptors (Lipinski definition) is 5. The fourth-order valence-corrected chi connectivity index (χ4v) is 4.61. The first-order valence-electron chi connectivity index (χ1n) is 7.21. The second kappa shape index (κ2) is 6.66. The van der Waals surface area contributed by atoms with E-state index in [-0.39, 0.29) is 15.7 Å². The van der Waals surface area contributed by atoms with Crippen LogP contribution in [0.1, 0.15) is 18.4 Å². The van der Waals surface area contributed by atoms with Crippen molar-refractivity contribution in [3.8, 4) is 0 Å². The number of piperidine rings is 1. The van der Waals surface area contributed by atoms with E-state index in [0.717, 1.165) is 32.2 Å². The first-order chi connectivity index (χ1) is 10.2. The van der Waals surface area contributed by atoms with Gasteiger partial charge in [0.15, 0.2) is 9.84 Å². The maximum Gasteiger partial charge on any atom is 0.240 e. The summed E-state index contributed by atoms with van der Waals surface area (Å²) in [5.74, 6) is 0.266. The number of nitrogens with one attached hydrogen (secondary N) is 2. The summed E-state index contributed by atoms with van der Waals surface area (Å²) >= 11 is 0. The second-order valence-corrected chi connectivity index (χ2v) is 9.51. The zero-order valence-corrected chi connectivity index (χ0v) is 14.4. The molecule has 6 nitrogen and oxygen atoms in total. The summed E-state index contributed by atoms with van der Waals surface area (Å²) in [5, 5.41) is 3.24. The van der Waals surface area contributed by atoms with E-state index in [4.69, 9.17) is 0 Å². The molecule has 1 atom stereocenters. The van der Waals surface area contributed by atoms with Crippen LogP contribution in [0.4, 0.5) is 0 Å². The van der Waals surface area contributed by atoms with E-state index in [2.05, 4.69) is 10.0 Å². The van der Waals surface area contributed by atoms with Gasteiger partial charge in [0.25, 0.3) is 0 Å². The second-order valence-electron chi connectivity index (χ2n) is 5.76. The minimum atomic E-state index is -3.72. The van der Waals surface area contributed by atoms with Gasteiger partial charge in [-0.15, -0.1) is 0 Å². The van der Waals surface area contributed by atoms with Crippen molar-refractivity contribution in [2.75, 3.05) is 25.9 Å². The number of benzene rings is 1. The van der Waals surface area contributed by atoms with Crippen LogP contribution in [0.15, 0.2) is 28.0 Å². The molecule has 0 bridgehead atoms. The van der Waals surface area contributed by atoms with Crippen LogP contribution in [0.2, 0.25) is 0 Å². The molecule has 2 N–H and O–H groups in total. The molecule has 1 heterocycles. The van der Waals surface area contributed by atoms with Gasteiger partial charge in [-0.25, -0.2) is 21.6 Å². The Kier molecular flexibility index (Phi) is 5.26. The van der Waals surface area contributed by atoms with Gasteiger partial charge in [-0.2, -0.15) is 0 Å². The topological polar surface area (TPSA) is 92.3 Å². The van der Waals surface area contributed by atoms with Crippen LogP contribution >= 0.6 is 0 Å². The monoisotopic (exact) mass is 346 g/mol. The molecule has 0 aromatic heterocycles. The number of sulfone groups is 1. The van der Waals surface area contributed by atoms with Gasteiger partial charge < -0.3 is 5.32 Å². The summed E-state index contributed by atoms with van der Waals surface area (Å²) < 4.78 is 50.7. The van der Waals surface area contributed by atoms with E-state index in [1.165, 1.54) is 18.2 Å². The zero-order valence-electron chi connectivity index (χ0n) is 12.8. The lowest BCUT2D eigenvalue weighted by atomic mass is 10.0. The van der Waals surface area contributed by atoms with Crippen molar-refractivity contribution in [2.24, 2.45) is 5.92 Å². The Morgan fingerprint density at radius 1 is 1.27 bits per heavy atom. The van der Waals surface area contributed by atoms with Crippen LogP contribution in [0.3, 0.4) is 0 Å². The Morgan fingerprint density at radius 2 is 2.00 bits per heavy atom. The van der Waals surface area contributed by atoms with E-state index >= 15 is 0 Å². The summed E-state index contributed by atoms with van der Waals surface area (Å²) in [6.45, 7) is 3.78. The van der Waals surface area contributed by atoms with E-state index in [1.54, 1.807) is 6.92 Å². The lowest BCUT2D eigenvalue weighted by molar-refractivity contribution is 0.376. The van der Waals surface area contributed by atoms with Crippen LogP contribution in [-0.2, 0) is 19.9 Å². The molecular formula is C14H22N2O4S2. The molecule has 8 heteroatoms. The van der Waals surface area contributed by atoms with Crippen LogP contribution in [0, 0.1) is 12.8 Å². The SMILES string of the molecule is Cc1ccc(S(C)(=O)=O)cc1S(=O)(=O)NC[C@H]1CCCNC1. The van der Waals surface area contributed by atoms with Crippen molar-refractivity contribution < 1.29 is 16.8 Å². The quantitative estimate of drug-likeness (QED) is 0.818. The van der Waals surface area contributed by atoms with Crippen molar-refractivity contribution in [3.63, 3.8) is 0 Å². The normalized spacial score (nSPS) is 20.0. The molecule has 0 amide bonds. The molecule has 1 aliphatic rings. The molecule has 22 heavy (non-hydrogen) atoms. The lowest BCUT2D eigenvalue weighted by Crippen LogP contribution is -2.38. The fraction of sp³-hybridized carbons (Fsp3) is 0.571. The Hall–Kier alpha value is -0.960. The van der Waals surface area contributed by atoms with Crippen LogP contribution in [-0.4, -0.2) is 42.7 Å². The highest BCUT2D eigenvalue weighted by molar-refractivity contribution is 7.91. The zero-order chi connectivity index (χ0) is 16.4. The number of sulfonamides is 1. The number of hydrogen-bond donors (Lipinski definition) is 2. The molecule has 1 saturated heterocycles. The number of rotatable bonds is 5. The maximum absolute atomic E-state index is 12.4. The highest BCUT2D eigenvalue weighted by Crippen LogP contribution is 2.20. The summed E-state index contributed by atoms with van der Waals surface area (Å²) in [5.41, 5.74) is 0.529. The van der Waals surface area contributed by atoms with Crippen molar-refractivity contribution in [1.82, 2.24) is 10.0 Å². The van der Waals surface area contributed by atoms with E-state index in [1.807, 2.05) is 0 Å². The van der Waals surface area contributed by atoms with Crippen LogP contribution in [0.5, 0.6) is 0 Å². The van der Waals surface area contributed by atoms with Gasteiger partial charge in [-0.1, -0.05) is 6.07 Å². The van der Waals surface area contributed by atoms with Crippen LogP contribution < -0.4 is 10.0 Å². The molecule has 124 valence electrons. The summed E-state index contributed by atoms with van der Waals surface area (Å²) in [6.07, 6.45) is 3.09. The molecule has 0 saturated carbocycles. The Labute approximate surface area is 132 Å². The minimum absolute atomic E-state index is 0.0119. The van der Waals surface area contributed by atoms with Crippen molar-refractivity contribution in [3.05, 3.63) is 23.8 Å². The van der Waals surface area contributed by atoms with Gasteiger partial charge in [0.2, 0.25) is 10.0 Å². The van der Waals surface area contributed by atoms with Gasteiger partial charge in [0.1, 0.15) is 0 Å². The van der Waals surface area contributed by atoms with Gasteiger partial charge in [-0.3, -0.25) is 0 Å². The standard InChI is InChI=1S/C14H22N2O4S2/c1-11-5-6-13(21(2,17)18)8-14(11)22(19,20)16-10-12-4-3-7-15-9-12/h5-6,8,12,15-16H,3-4,7,9-10H2,1-2H3/t12-/m0/s1. The van der Waals surface area contributed by atoms with Gasteiger partial charge in [0.05, 0.1) is 9.79 Å². The minimum Gasteiger partial charge on any atom is -0.316 e. The van der Waals surface area contributed by atoms with Gasteiger partial charge in [-0.05, 0) is 56.5 Å². The average Bonchev–Trinajstić information content (AvgIpc) is 2.45. The molecule has 0 radical (unpaired) electrons. The van der Waals surface area contributed by atoms with Crippen molar-refractivity contribution in [1.29, 1.82) is 0 Å². The third-order valence-electron chi connectivity index (χ3n) is 3.84. The molecule has 0 unspecified atom stereocenters. The van der Waals surface area contributed by atoms with Crippen LogP contribution in [0.25, 0.3) is 0 Å². The third kappa shape index (κ3) is 4.28. The summed E-state index contributed by atoms with van der Waals surface area (Å²) in [6, 6.07) is 4.17. The highest BCUT2D eigenvalue weighted by Gasteiger charge is 2.22. The molecule has 2 rings (SSSR count). The smallest absolute Gasteiger partial charge is 0.240 e. The molecule has 1 aromatic carbocycles. The molecule has 1 aromatic rings. The van der Waals surface area contributed by atoms with Gasteiger partial charge >= 0.3 is 0 Å². The van der Waals surface area contributed by atoms with Gasteiger partial charge in [0, 0.05) is 12.8 Å². The molecule has 0 aliphatic carbocycles. The van der Waals surface area contributed by atoms with E-state index < -0.39 is 19.9 Å². The first-order valence-corrected chi connectivity index (χ1v) is 10.6. The average molecular weight is 346 g/mol. The fourth-order valence-electron chi connectivity index (χ4n) is 2.50.